The number of piperidine rings is 1. The second-order valence-electron chi connectivity index (χ2n) is 12.7. The topological polar surface area (TPSA) is 94.8 Å². The first-order chi connectivity index (χ1) is 19.8. The summed E-state index contributed by atoms with van der Waals surface area (Å²) in [4.78, 5) is 17.7. The standard InChI is InChI=1S/C32H39F2N5O3/c1-7-21-24(33)10-9-19-13-20(40)14-22(25(19)21)27-26(34)28-23(15-35-27)29(39-12-8-11-32(4,41)17-39)37-30(36-28)42-18-31(2,3)16-38(5)6/h9-10,13-15,40-41H,7-8,11-12,16-18H2,1-6H3/t32-/m1/s1. The van der Waals surface area contributed by atoms with Gasteiger partial charge in [0, 0.05) is 36.8 Å². The number of hydrogen-bond acceptors (Lipinski definition) is 8. The molecule has 4 aromatic rings. The van der Waals surface area contributed by atoms with Gasteiger partial charge >= 0.3 is 6.01 Å². The average Bonchev–Trinajstić information content (AvgIpc) is 2.90. The average molecular weight is 580 g/mol. The maximum absolute atomic E-state index is 16.6. The van der Waals surface area contributed by atoms with Gasteiger partial charge in [-0.15, -0.1) is 0 Å². The minimum atomic E-state index is -0.933. The van der Waals surface area contributed by atoms with E-state index in [-0.39, 0.29) is 33.9 Å². The molecule has 1 aliphatic rings. The fraction of sp³-hybridized carbons (Fsp3) is 0.469. The molecule has 1 aliphatic heterocycles. The van der Waals surface area contributed by atoms with Crippen molar-refractivity contribution < 1.29 is 23.7 Å². The molecule has 0 bridgehead atoms. The molecule has 1 fully saturated rings. The zero-order chi connectivity index (χ0) is 30.4. The van der Waals surface area contributed by atoms with Crippen molar-refractivity contribution >= 4 is 27.5 Å². The molecule has 42 heavy (non-hydrogen) atoms. The minimum Gasteiger partial charge on any atom is -0.508 e. The third-order valence-corrected chi connectivity index (χ3v) is 7.72. The summed E-state index contributed by atoms with van der Waals surface area (Å²) in [5.41, 5.74) is -0.539. The Morgan fingerprint density at radius 3 is 2.62 bits per heavy atom. The number of β-amino-alcohol motifs (C(OH)–C–C–N with tert-alkyl or cyclic N) is 1. The molecule has 10 heteroatoms. The van der Waals surface area contributed by atoms with Crippen LogP contribution in [0.5, 0.6) is 11.8 Å². The molecule has 1 atom stereocenters. The monoisotopic (exact) mass is 579 g/mol. The number of pyridine rings is 1. The first kappa shape index (κ1) is 29.8. The van der Waals surface area contributed by atoms with Crippen LogP contribution in [0.25, 0.3) is 32.9 Å². The van der Waals surface area contributed by atoms with Crippen molar-refractivity contribution in [2.75, 3.05) is 45.2 Å². The van der Waals surface area contributed by atoms with Crippen LogP contribution in [-0.2, 0) is 6.42 Å². The van der Waals surface area contributed by atoms with Crippen LogP contribution < -0.4 is 9.64 Å². The summed E-state index contributed by atoms with van der Waals surface area (Å²) in [5.74, 6) is -0.788. The molecule has 2 aromatic carbocycles. The summed E-state index contributed by atoms with van der Waals surface area (Å²) in [7, 11) is 3.97. The van der Waals surface area contributed by atoms with E-state index >= 15 is 4.39 Å². The van der Waals surface area contributed by atoms with Gasteiger partial charge in [0.2, 0.25) is 0 Å². The summed E-state index contributed by atoms with van der Waals surface area (Å²) < 4.78 is 37.6. The van der Waals surface area contributed by atoms with Crippen LogP contribution >= 0.6 is 0 Å². The molecule has 0 aliphatic carbocycles. The van der Waals surface area contributed by atoms with Crippen LogP contribution in [0.1, 0.15) is 46.1 Å². The van der Waals surface area contributed by atoms with Gasteiger partial charge in [-0.1, -0.05) is 26.8 Å². The Hall–Kier alpha value is -3.63. The highest BCUT2D eigenvalue weighted by Gasteiger charge is 2.32. The molecule has 1 saturated heterocycles. The number of aliphatic hydroxyl groups is 1. The number of phenolic OH excluding ortho intramolecular Hbond substituents is 1. The second-order valence-corrected chi connectivity index (χ2v) is 12.7. The maximum Gasteiger partial charge on any atom is 0.319 e. The number of aromatic hydroxyl groups is 1. The van der Waals surface area contributed by atoms with Crippen LogP contribution in [0.2, 0.25) is 0 Å². The molecule has 3 heterocycles. The lowest BCUT2D eigenvalue weighted by molar-refractivity contribution is 0.0447. The number of benzene rings is 2. The number of anilines is 1. The Morgan fingerprint density at radius 2 is 1.93 bits per heavy atom. The first-order valence-electron chi connectivity index (χ1n) is 14.3. The molecule has 0 radical (unpaired) electrons. The quantitative estimate of drug-likeness (QED) is 0.274. The fourth-order valence-electron chi connectivity index (χ4n) is 6.11. The van der Waals surface area contributed by atoms with Crippen LogP contribution in [0.4, 0.5) is 14.6 Å². The molecular formula is C32H39F2N5O3. The number of fused-ring (bicyclic) bond motifs is 2. The van der Waals surface area contributed by atoms with Crippen LogP contribution in [-0.4, -0.2) is 76.0 Å². The number of ether oxygens (including phenoxy) is 1. The molecule has 2 aromatic heterocycles. The van der Waals surface area contributed by atoms with Crippen molar-refractivity contribution in [2.45, 2.75) is 52.6 Å². The highest BCUT2D eigenvalue weighted by Crippen LogP contribution is 2.39. The SMILES string of the molecule is CCc1c(F)ccc2cc(O)cc(-c3ncc4c(N5CCC[C@@](C)(O)C5)nc(OCC(C)(C)CN(C)C)nc4c3F)c12. The molecule has 0 spiro atoms. The van der Waals surface area contributed by atoms with E-state index in [1.807, 2.05) is 25.9 Å². The van der Waals surface area contributed by atoms with E-state index in [9.17, 15) is 14.6 Å². The first-order valence-corrected chi connectivity index (χ1v) is 14.3. The number of aromatic nitrogens is 3. The Morgan fingerprint density at radius 1 is 1.17 bits per heavy atom. The van der Waals surface area contributed by atoms with Crippen LogP contribution in [0.15, 0.2) is 30.5 Å². The number of rotatable bonds is 8. The highest BCUT2D eigenvalue weighted by atomic mass is 19.1. The lowest BCUT2D eigenvalue weighted by Gasteiger charge is -2.38. The Balaban J connectivity index is 1.70. The molecule has 0 unspecified atom stereocenters. The number of aryl methyl sites for hydroxylation is 1. The number of hydrogen-bond donors (Lipinski definition) is 2. The van der Waals surface area contributed by atoms with E-state index in [4.69, 9.17) is 9.72 Å². The largest absolute Gasteiger partial charge is 0.508 e. The summed E-state index contributed by atoms with van der Waals surface area (Å²) in [6, 6.07) is 5.87. The third-order valence-electron chi connectivity index (χ3n) is 7.72. The second kappa shape index (κ2) is 11.2. The van der Waals surface area contributed by atoms with Crippen molar-refractivity contribution in [1.82, 2.24) is 19.9 Å². The zero-order valence-electron chi connectivity index (χ0n) is 25.1. The van der Waals surface area contributed by atoms with E-state index < -0.39 is 17.2 Å². The van der Waals surface area contributed by atoms with E-state index in [0.717, 1.165) is 13.0 Å². The van der Waals surface area contributed by atoms with Crippen molar-refractivity contribution in [3.8, 4) is 23.0 Å². The number of halogens is 2. The van der Waals surface area contributed by atoms with Gasteiger partial charge in [0.05, 0.1) is 17.6 Å². The van der Waals surface area contributed by atoms with Gasteiger partial charge in [0.1, 0.15) is 28.6 Å². The molecule has 0 amide bonds. The smallest absolute Gasteiger partial charge is 0.319 e. The minimum absolute atomic E-state index is 0.00146. The fourth-order valence-corrected chi connectivity index (χ4v) is 6.11. The van der Waals surface area contributed by atoms with Crippen molar-refractivity contribution in [3.05, 3.63) is 47.7 Å². The molecule has 2 N–H and O–H groups in total. The van der Waals surface area contributed by atoms with E-state index in [2.05, 4.69) is 28.7 Å². The van der Waals surface area contributed by atoms with Crippen molar-refractivity contribution in [3.63, 3.8) is 0 Å². The number of nitrogens with zero attached hydrogens (tertiary/aromatic N) is 5. The normalized spacial score (nSPS) is 17.9. The Labute approximate surface area is 245 Å². The maximum atomic E-state index is 16.6. The molecule has 224 valence electrons. The van der Waals surface area contributed by atoms with E-state index in [0.29, 0.717) is 60.1 Å². The summed E-state index contributed by atoms with van der Waals surface area (Å²) in [5, 5.41) is 22.8. The van der Waals surface area contributed by atoms with Gasteiger partial charge in [-0.3, -0.25) is 4.98 Å². The highest BCUT2D eigenvalue weighted by molar-refractivity contribution is 6.01. The molecular weight excluding hydrogens is 540 g/mol. The summed E-state index contributed by atoms with van der Waals surface area (Å²) >= 11 is 0. The Kier molecular flexibility index (Phi) is 7.98. The summed E-state index contributed by atoms with van der Waals surface area (Å²) in [6.45, 7) is 9.71. The number of phenols is 1. The van der Waals surface area contributed by atoms with Gasteiger partial charge < -0.3 is 24.7 Å². The van der Waals surface area contributed by atoms with Crippen molar-refractivity contribution in [1.29, 1.82) is 0 Å². The lowest BCUT2D eigenvalue weighted by Crippen LogP contribution is -2.46. The van der Waals surface area contributed by atoms with Gasteiger partial charge in [-0.2, -0.15) is 9.97 Å². The Bertz CT molecular complexity index is 1640. The van der Waals surface area contributed by atoms with Crippen molar-refractivity contribution in [2.24, 2.45) is 5.41 Å². The van der Waals surface area contributed by atoms with Crippen LogP contribution in [0.3, 0.4) is 0 Å². The predicted molar refractivity (Wildman–Crippen MR) is 161 cm³/mol. The third kappa shape index (κ3) is 5.96. The molecule has 0 saturated carbocycles. The zero-order valence-corrected chi connectivity index (χ0v) is 25.1. The van der Waals surface area contributed by atoms with Gasteiger partial charge in [0.15, 0.2) is 5.82 Å². The van der Waals surface area contributed by atoms with Gasteiger partial charge in [0.25, 0.3) is 0 Å². The predicted octanol–water partition coefficient (Wildman–Crippen LogP) is 5.71. The molecule has 8 nitrogen and oxygen atoms in total. The lowest BCUT2D eigenvalue weighted by atomic mass is 9.94. The van der Waals surface area contributed by atoms with Crippen LogP contribution in [0, 0.1) is 17.0 Å². The summed E-state index contributed by atoms with van der Waals surface area (Å²) in [6.07, 6.45) is 3.26. The van der Waals surface area contributed by atoms with E-state index in [1.165, 1.54) is 24.4 Å². The van der Waals surface area contributed by atoms with E-state index in [1.54, 1.807) is 13.0 Å². The van der Waals surface area contributed by atoms with Gasteiger partial charge in [-0.05, 0) is 74.8 Å². The molecule has 5 rings (SSSR count). The van der Waals surface area contributed by atoms with Gasteiger partial charge in [-0.25, -0.2) is 8.78 Å².